The third-order valence-electron chi connectivity index (χ3n) is 2.38. The molecule has 5 heteroatoms. The number of pyridine rings is 1. The predicted molar refractivity (Wildman–Crippen MR) is 64.1 cm³/mol. The zero-order valence-corrected chi connectivity index (χ0v) is 9.22. The lowest BCUT2D eigenvalue weighted by Crippen LogP contribution is -2.10. The molecule has 0 saturated heterocycles. The van der Waals surface area contributed by atoms with E-state index in [0.29, 0.717) is 0 Å². The van der Waals surface area contributed by atoms with Crippen LogP contribution in [0.4, 0.5) is 11.5 Å². The van der Waals surface area contributed by atoms with Crippen LogP contribution < -0.4 is 11.1 Å². The van der Waals surface area contributed by atoms with E-state index in [1.807, 2.05) is 23.8 Å². The molecular weight excluding hydrogens is 202 g/mol. The molecule has 0 saturated carbocycles. The summed E-state index contributed by atoms with van der Waals surface area (Å²) in [7, 11) is 0. The highest BCUT2D eigenvalue weighted by Gasteiger charge is 1.97. The first-order chi connectivity index (χ1) is 7.75. The largest absolute Gasteiger partial charge is 0.398 e. The topological polar surface area (TPSA) is 68.8 Å². The van der Waals surface area contributed by atoms with Gasteiger partial charge in [0, 0.05) is 43.4 Å². The maximum absolute atomic E-state index is 5.79. The molecule has 0 aliphatic carbocycles. The van der Waals surface area contributed by atoms with E-state index < -0.39 is 0 Å². The molecule has 0 amide bonds. The molecule has 0 atom stereocenters. The van der Waals surface area contributed by atoms with Crippen LogP contribution in [0.15, 0.2) is 31.0 Å². The second-order valence-corrected chi connectivity index (χ2v) is 3.65. The third-order valence-corrected chi connectivity index (χ3v) is 2.38. The molecule has 0 radical (unpaired) electrons. The van der Waals surface area contributed by atoms with Crippen LogP contribution >= 0.6 is 0 Å². The van der Waals surface area contributed by atoms with Gasteiger partial charge in [0.05, 0.1) is 6.33 Å². The smallest absolute Gasteiger partial charge is 0.128 e. The number of nitrogen functional groups attached to an aromatic ring is 1. The molecule has 2 aromatic heterocycles. The van der Waals surface area contributed by atoms with Crippen molar-refractivity contribution >= 4 is 11.5 Å². The van der Waals surface area contributed by atoms with E-state index in [1.54, 1.807) is 18.7 Å². The zero-order chi connectivity index (χ0) is 11.4. The van der Waals surface area contributed by atoms with E-state index in [-0.39, 0.29) is 0 Å². The van der Waals surface area contributed by atoms with E-state index in [1.165, 1.54) is 0 Å². The Morgan fingerprint density at radius 3 is 3.06 bits per heavy atom. The van der Waals surface area contributed by atoms with Gasteiger partial charge < -0.3 is 15.6 Å². The zero-order valence-electron chi connectivity index (χ0n) is 9.22. The molecule has 0 unspecified atom stereocenters. The minimum Gasteiger partial charge on any atom is -0.398 e. The fraction of sp³-hybridized carbons (Fsp3) is 0.273. The predicted octanol–water partition coefficient (Wildman–Crippen LogP) is 1.28. The quantitative estimate of drug-likeness (QED) is 0.809. The van der Waals surface area contributed by atoms with Crippen LogP contribution in [0.1, 0.15) is 5.56 Å². The second kappa shape index (κ2) is 4.65. The van der Waals surface area contributed by atoms with Gasteiger partial charge in [-0.1, -0.05) is 0 Å². The van der Waals surface area contributed by atoms with Crippen LogP contribution in [0.2, 0.25) is 0 Å². The fourth-order valence-electron chi connectivity index (χ4n) is 1.37. The maximum atomic E-state index is 5.79. The lowest BCUT2D eigenvalue weighted by Gasteiger charge is -2.07. The third kappa shape index (κ3) is 2.50. The summed E-state index contributed by atoms with van der Waals surface area (Å²) in [6.45, 7) is 3.60. The molecule has 2 rings (SSSR count). The van der Waals surface area contributed by atoms with Crippen LogP contribution in [0, 0.1) is 6.92 Å². The number of aryl methyl sites for hydroxylation is 1. The lowest BCUT2D eigenvalue weighted by molar-refractivity contribution is 0.725. The Labute approximate surface area is 94.3 Å². The van der Waals surface area contributed by atoms with Gasteiger partial charge in [0.25, 0.3) is 0 Å². The number of imidazole rings is 1. The molecule has 0 aliphatic rings. The number of nitrogens with two attached hydrogens (primary N) is 1. The maximum Gasteiger partial charge on any atom is 0.128 e. The molecule has 0 spiro atoms. The second-order valence-electron chi connectivity index (χ2n) is 3.65. The number of hydrogen-bond donors (Lipinski definition) is 2. The summed E-state index contributed by atoms with van der Waals surface area (Å²) in [4.78, 5) is 8.22. The summed E-state index contributed by atoms with van der Waals surface area (Å²) in [6, 6.07) is 1.85. The van der Waals surface area contributed by atoms with Crippen LogP contribution in [-0.2, 0) is 6.54 Å². The summed E-state index contributed by atoms with van der Waals surface area (Å²) >= 11 is 0. The summed E-state index contributed by atoms with van der Waals surface area (Å²) < 4.78 is 2.00. The highest BCUT2D eigenvalue weighted by molar-refractivity contribution is 5.53. The van der Waals surface area contributed by atoms with Crippen LogP contribution in [0.5, 0.6) is 0 Å². The van der Waals surface area contributed by atoms with Gasteiger partial charge in [-0.05, 0) is 12.5 Å². The highest BCUT2D eigenvalue weighted by atomic mass is 15.1. The van der Waals surface area contributed by atoms with E-state index >= 15 is 0 Å². The lowest BCUT2D eigenvalue weighted by atomic mass is 10.2. The summed E-state index contributed by atoms with van der Waals surface area (Å²) in [5, 5.41) is 3.21. The van der Waals surface area contributed by atoms with Gasteiger partial charge in [-0.25, -0.2) is 9.97 Å². The van der Waals surface area contributed by atoms with Gasteiger partial charge in [-0.15, -0.1) is 0 Å². The molecule has 84 valence electrons. The first-order valence-electron chi connectivity index (χ1n) is 5.17. The molecule has 0 bridgehead atoms. The van der Waals surface area contributed by atoms with Crippen molar-refractivity contribution in [2.45, 2.75) is 13.5 Å². The number of rotatable bonds is 4. The summed E-state index contributed by atoms with van der Waals surface area (Å²) in [6.07, 6.45) is 7.26. The van der Waals surface area contributed by atoms with Gasteiger partial charge in [0.1, 0.15) is 5.82 Å². The molecule has 5 nitrogen and oxygen atoms in total. The van der Waals surface area contributed by atoms with Crippen molar-refractivity contribution in [3.8, 4) is 0 Å². The SMILES string of the molecule is Cc1cnc(NCCn2ccnc2)cc1N. The minimum atomic E-state index is 0.764. The Kier molecular flexibility index (Phi) is 3.05. The van der Waals surface area contributed by atoms with Crippen molar-refractivity contribution < 1.29 is 0 Å². The van der Waals surface area contributed by atoms with Crippen molar-refractivity contribution in [2.24, 2.45) is 0 Å². The normalized spacial score (nSPS) is 10.3. The summed E-state index contributed by atoms with van der Waals surface area (Å²) in [5.41, 5.74) is 7.56. The van der Waals surface area contributed by atoms with Crippen molar-refractivity contribution in [1.82, 2.24) is 14.5 Å². The minimum absolute atomic E-state index is 0.764. The molecule has 0 fully saturated rings. The van der Waals surface area contributed by atoms with Gasteiger partial charge in [0.2, 0.25) is 0 Å². The highest BCUT2D eigenvalue weighted by Crippen LogP contribution is 2.13. The van der Waals surface area contributed by atoms with Crippen molar-refractivity contribution in [2.75, 3.05) is 17.6 Å². The Morgan fingerprint density at radius 1 is 1.50 bits per heavy atom. The van der Waals surface area contributed by atoms with E-state index in [4.69, 9.17) is 5.73 Å². The Morgan fingerprint density at radius 2 is 2.38 bits per heavy atom. The fourth-order valence-corrected chi connectivity index (χ4v) is 1.37. The van der Waals surface area contributed by atoms with Crippen LogP contribution in [0.3, 0.4) is 0 Å². The number of nitrogens with zero attached hydrogens (tertiary/aromatic N) is 3. The first kappa shape index (κ1) is 10.5. The van der Waals surface area contributed by atoms with Gasteiger partial charge in [0.15, 0.2) is 0 Å². The molecule has 2 aromatic rings. The van der Waals surface area contributed by atoms with Crippen molar-refractivity contribution in [1.29, 1.82) is 0 Å². The van der Waals surface area contributed by atoms with E-state index in [2.05, 4.69) is 15.3 Å². The average molecular weight is 217 g/mol. The summed E-state index contributed by atoms with van der Waals surface area (Å²) in [5.74, 6) is 0.809. The molecule has 3 N–H and O–H groups in total. The monoisotopic (exact) mass is 217 g/mol. The first-order valence-corrected chi connectivity index (χ1v) is 5.17. The average Bonchev–Trinajstić information content (AvgIpc) is 2.76. The van der Waals surface area contributed by atoms with Crippen molar-refractivity contribution in [3.63, 3.8) is 0 Å². The molecule has 2 heterocycles. The van der Waals surface area contributed by atoms with Gasteiger partial charge >= 0.3 is 0 Å². The van der Waals surface area contributed by atoms with E-state index in [9.17, 15) is 0 Å². The number of aromatic nitrogens is 3. The Balaban J connectivity index is 1.87. The number of hydrogen-bond acceptors (Lipinski definition) is 4. The molecule has 0 aliphatic heterocycles. The molecule has 16 heavy (non-hydrogen) atoms. The number of nitrogens with one attached hydrogen (secondary N) is 1. The standard InChI is InChI=1S/C11H15N5/c1-9-7-15-11(6-10(9)12)14-3-5-16-4-2-13-8-16/h2,4,6-8H,3,5H2,1H3,(H3,12,14,15). The Bertz CT molecular complexity index is 449. The van der Waals surface area contributed by atoms with Crippen LogP contribution in [-0.4, -0.2) is 21.1 Å². The van der Waals surface area contributed by atoms with E-state index in [0.717, 1.165) is 30.2 Å². The van der Waals surface area contributed by atoms with Gasteiger partial charge in [-0.3, -0.25) is 0 Å². The van der Waals surface area contributed by atoms with Crippen LogP contribution in [0.25, 0.3) is 0 Å². The molecular formula is C11H15N5. The Hall–Kier alpha value is -2.04. The molecule has 0 aromatic carbocycles. The van der Waals surface area contributed by atoms with Crippen molar-refractivity contribution in [3.05, 3.63) is 36.5 Å². The number of anilines is 2. The van der Waals surface area contributed by atoms with Gasteiger partial charge in [-0.2, -0.15) is 0 Å².